The number of nitrogens with zero attached hydrogens (tertiary/aromatic N) is 1. The normalized spacial score (nSPS) is 17.4. The van der Waals surface area contributed by atoms with Crippen LogP contribution >= 0.6 is 0 Å². The lowest BCUT2D eigenvalue weighted by atomic mass is 10.0. The van der Waals surface area contributed by atoms with Crippen LogP contribution in [0.2, 0.25) is 0 Å². The zero-order chi connectivity index (χ0) is 19.1. The van der Waals surface area contributed by atoms with Gasteiger partial charge >= 0.3 is 6.18 Å². The molecule has 3 rings (SSSR count). The molecule has 0 radical (unpaired) electrons. The summed E-state index contributed by atoms with van der Waals surface area (Å²) in [5.74, 6) is 0.265. The van der Waals surface area contributed by atoms with Crippen LogP contribution < -0.4 is 10.2 Å². The van der Waals surface area contributed by atoms with Crippen LogP contribution in [0.5, 0.6) is 5.75 Å². The van der Waals surface area contributed by atoms with Gasteiger partial charge in [0.1, 0.15) is 17.4 Å². The van der Waals surface area contributed by atoms with Gasteiger partial charge in [-0.05, 0) is 55.3 Å². The lowest BCUT2D eigenvalue weighted by Gasteiger charge is -2.29. The zero-order valence-corrected chi connectivity index (χ0v) is 14.9. The summed E-state index contributed by atoms with van der Waals surface area (Å²) in [6, 6.07) is 8.04. The van der Waals surface area contributed by atoms with Crippen molar-refractivity contribution in [2.75, 3.05) is 6.54 Å². The number of carbonyl (C=O) groups excluding carboxylic acids is 1. The Morgan fingerprint density at radius 3 is 2.31 bits per heavy atom. The summed E-state index contributed by atoms with van der Waals surface area (Å²) in [5, 5.41) is 2.44. The first-order valence-corrected chi connectivity index (χ1v) is 8.38. The van der Waals surface area contributed by atoms with Crippen LogP contribution in [0.15, 0.2) is 36.4 Å². The molecule has 1 N–H and O–H groups in total. The topological polar surface area (TPSA) is 41.6 Å². The highest BCUT2D eigenvalue weighted by Crippen LogP contribution is 2.39. The molecule has 7 heteroatoms. The van der Waals surface area contributed by atoms with Crippen molar-refractivity contribution in [1.82, 2.24) is 10.4 Å². The maximum absolute atomic E-state index is 13.6. The summed E-state index contributed by atoms with van der Waals surface area (Å²) in [5.41, 5.74) is 2.03. The Morgan fingerprint density at radius 2 is 1.73 bits per heavy atom. The van der Waals surface area contributed by atoms with E-state index in [-0.39, 0.29) is 24.1 Å². The first-order valence-electron chi connectivity index (χ1n) is 8.38. The first-order chi connectivity index (χ1) is 12.0. The number of ether oxygens (including phenoxy) is 1. The van der Waals surface area contributed by atoms with Crippen molar-refractivity contribution in [3.05, 3.63) is 42.0 Å². The number of rotatable bonds is 3. The molecule has 0 aliphatic carbocycles. The van der Waals surface area contributed by atoms with Crippen molar-refractivity contribution in [2.24, 2.45) is 0 Å². The van der Waals surface area contributed by atoms with Crippen LogP contribution in [-0.2, 0) is 4.79 Å². The predicted molar refractivity (Wildman–Crippen MR) is 92.6 cm³/mol. The molecule has 26 heavy (non-hydrogen) atoms. The lowest BCUT2D eigenvalue weighted by Crippen LogP contribution is -2.43. The van der Waals surface area contributed by atoms with E-state index in [2.05, 4.69) is 5.43 Å². The first kappa shape index (κ1) is 18.5. The molecule has 1 heterocycles. The van der Waals surface area contributed by atoms with Gasteiger partial charge in [0.05, 0.1) is 0 Å². The number of amides is 1. The Balaban J connectivity index is 1.96. The third-order valence-electron chi connectivity index (χ3n) is 4.05. The lowest BCUT2D eigenvalue weighted by molar-refractivity contribution is -0.191. The minimum absolute atomic E-state index is 0.0272. The number of hydrogen-bond donors (Lipinski definition) is 1. The number of carbonyl (C=O) groups is 1. The van der Waals surface area contributed by atoms with Crippen LogP contribution in [0, 0.1) is 0 Å². The molecule has 1 atom stereocenters. The zero-order valence-electron chi connectivity index (χ0n) is 14.9. The van der Waals surface area contributed by atoms with Crippen LogP contribution in [0.25, 0.3) is 10.8 Å². The van der Waals surface area contributed by atoms with Gasteiger partial charge in [0, 0.05) is 13.0 Å². The van der Waals surface area contributed by atoms with Gasteiger partial charge in [0.15, 0.2) is 0 Å². The molecule has 0 saturated carbocycles. The van der Waals surface area contributed by atoms with Gasteiger partial charge in [-0.3, -0.25) is 10.2 Å². The monoisotopic (exact) mass is 366 g/mol. The molecule has 1 aliphatic heterocycles. The summed E-state index contributed by atoms with van der Waals surface area (Å²) in [6.07, 6.45) is -4.44. The number of alkyl halides is 3. The third kappa shape index (κ3) is 4.09. The molecule has 1 aliphatic rings. The Labute approximate surface area is 149 Å². The van der Waals surface area contributed by atoms with Crippen LogP contribution in [-0.4, -0.2) is 29.2 Å². The molecule has 1 fully saturated rings. The second-order valence-electron chi connectivity index (χ2n) is 7.41. The van der Waals surface area contributed by atoms with E-state index in [4.69, 9.17) is 4.74 Å². The fourth-order valence-electron chi connectivity index (χ4n) is 3.06. The molecular weight excluding hydrogens is 345 g/mol. The predicted octanol–water partition coefficient (Wildman–Crippen LogP) is 4.36. The number of fused-ring (bicyclic) bond motifs is 1. The summed E-state index contributed by atoms with van der Waals surface area (Å²) in [4.78, 5) is 11.3. The van der Waals surface area contributed by atoms with Gasteiger partial charge in [-0.1, -0.05) is 18.2 Å². The average molecular weight is 366 g/mol. The maximum Gasteiger partial charge on any atom is 0.409 e. The third-order valence-corrected chi connectivity index (χ3v) is 4.05. The van der Waals surface area contributed by atoms with Crippen molar-refractivity contribution in [2.45, 2.75) is 45.0 Å². The van der Waals surface area contributed by atoms with Crippen LogP contribution in [0.3, 0.4) is 0 Å². The van der Waals surface area contributed by atoms with Crippen molar-refractivity contribution in [3.63, 3.8) is 0 Å². The van der Waals surface area contributed by atoms with E-state index in [1.807, 2.05) is 26.8 Å². The molecule has 1 saturated heterocycles. The minimum Gasteiger partial charge on any atom is -0.488 e. The van der Waals surface area contributed by atoms with Gasteiger partial charge in [-0.15, -0.1) is 0 Å². The molecule has 2 aromatic rings. The van der Waals surface area contributed by atoms with Crippen molar-refractivity contribution in [1.29, 1.82) is 0 Å². The van der Waals surface area contributed by atoms with E-state index in [0.29, 0.717) is 11.1 Å². The highest BCUT2D eigenvalue weighted by Gasteiger charge is 2.46. The minimum atomic E-state index is -4.50. The molecule has 140 valence electrons. The van der Waals surface area contributed by atoms with E-state index in [1.54, 1.807) is 18.2 Å². The van der Waals surface area contributed by atoms with E-state index in [9.17, 15) is 18.0 Å². The summed E-state index contributed by atoms with van der Waals surface area (Å²) in [7, 11) is 0. The second-order valence-corrected chi connectivity index (χ2v) is 7.41. The SMILES string of the molecule is CC(C)(C)Oc1ccc2cc(C(N3CCC(=O)N3)C(F)(F)F)ccc2c1. The van der Waals surface area contributed by atoms with Gasteiger partial charge in [-0.25, -0.2) is 5.01 Å². The highest BCUT2D eigenvalue weighted by atomic mass is 19.4. The van der Waals surface area contributed by atoms with E-state index in [0.717, 1.165) is 10.4 Å². The smallest absolute Gasteiger partial charge is 0.409 e. The fourth-order valence-corrected chi connectivity index (χ4v) is 3.06. The van der Waals surface area contributed by atoms with Gasteiger partial charge < -0.3 is 4.74 Å². The number of benzene rings is 2. The second kappa shape index (κ2) is 6.46. The van der Waals surface area contributed by atoms with E-state index < -0.39 is 18.1 Å². The molecule has 1 amide bonds. The summed E-state index contributed by atoms with van der Waals surface area (Å²) >= 11 is 0. The van der Waals surface area contributed by atoms with Crippen molar-refractivity contribution in [3.8, 4) is 5.75 Å². The van der Waals surface area contributed by atoms with Gasteiger partial charge in [-0.2, -0.15) is 13.2 Å². The number of nitrogens with one attached hydrogen (secondary N) is 1. The molecule has 2 aromatic carbocycles. The summed E-state index contributed by atoms with van der Waals surface area (Å²) in [6.45, 7) is 5.81. The van der Waals surface area contributed by atoms with Crippen molar-refractivity contribution >= 4 is 16.7 Å². The van der Waals surface area contributed by atoms with E-state index in [1.165, 1.54) is 12.1 Å². The van der Waals surface area contributed by atoms with Gasteiger partial charge in [0.25, 0.3) is 0 Å². The van der Waals surface area contributed by atoms with Crippen LogP contribution in [0.4, 0.5) is 13.2 Å². The fraction of sp³-hybridized carbons (Fsp3) is 0.421. The Bertz CT molecular complexity index is 828. The Kier molecular flexibility index (Phi) is 4.60. The number of hydrazine groups is 1. The molecular formula is C19H21F3N2O2. The quantitative estimate of drug-likeness (QED) is 0.878. The molecule has 0 spiro atoms. The highest BCUT2D eigenvalue weighted by molar-refractivity contribution is 5.84. The maximum atomic E-state index is 13.6. The van der Waals surface area contributed by atoms with Gasteiger partial charge in [0.2, 0.25) is 5.91 Å². The Hall–Kier alpha value is -2.28. The average Bonchev–Trinajstić information content (AvgIpc) is 2.90. The Morgan fingerprint density at radius 1 is 1.08 bits per heavy atom. The van der Waals surface area contributed by atoms with Crippen molar-refractivity contribution < 1.29 is 22.7 Å². The summed E-state index contributed by atoms with van der Waals surface area (Å²) < 4.78 is 46.7. The van der Waals surface area contributed by atoms with E-state index >= 15 is 0 Å². The standard InChI is InChI=1S/C19H21F3N2O2/c1-18(2,3)26-15-7-6-12-10-14(5-4-13(12)11-15)17(19(20,21)22)24-9-8-16(25)23-24/h4-7,10-11,17H,8-9H2,1-3H3,(H,23,25). The number of hydrogen-bond acceptors (Lipinski definition) is 3. The molecule has 0 bridgehead atoms. The molecule has 0 aromatic heterocycles. The number of halogens is 3. The molecule has 1 unspecified atom stereocenters. The molecule has 4 nitrogen and oxygen atoms in total. The van der Waals surface area contributed by atoms with Crippen LogP contribution in [0.1, 0.15) is 38.8 Å². The largest absolute Gasteiger partial charge is 0.488 e.